The molecule has 2 aromatic rings. The lowest BCUT2D eigenvalue weighted by Gasteiger charge is -2.21. The number of para-hydroxylation sites is 1. The highest BCUT2D eigenvalue weighted by molar-refractivity contribution is 5.77. The number of furan rings is 1. The SMILES string of the molecule is C=C(C)C1=CCC(c2cc3ccccc3o2)OC1. The lowest BCUT2D eigenvalue weighted by atomic mass is 10.0. The number of benzene rings is 1. The Hall–Kier alpha value is -1.80. The predicted octanol–water partition coefficient (Wildman–Crippen LogP) is 4.40. The Balaban J connectivity index is 1.86. The number of rotatable bonds is 2. The van der Waals surface area contributed by atoms with Gasteiger partial charge in [-0.2, -0.15) is 0 Å². The fourth-order valence-electron chi connectivity index (χ4n) is 2.22. The van der Waals surface area contributed by atoms with E-state index in [1.807, 2.05) is 25.1 Å². The molecule has 1 aromatic heterocycles. The number of fused-ring (bicyclic) bond motifs is 1. The lowest BCUT2D eigenvalue weighted by molar-refractivity contribution is 0.0480. The highest BCUT2D eigenvalue weighted by atomic mass is 16.5. The Kier molecular flexibility index (Phi) is 2.80. The zero-order chi connectivity index (χ0) is 12.5. The molecular formula is C16H16O2. The van der Waals surface area contributed by atoms with Crippen LogP contribution in [0.3, 0.4) is 0 Å². The summed E-state index contributed by atoms with van der Waals surface area (Å²) in [7, 11) is 0. The average molecular weight is 240 g/mol. The van der Waals surface area contributed by atoms with Gasteiger partial charge in [0.25, 0.3) is 0 Å². The molecule has 0 radical (unpaired) electrons. The molecule has 0 fully saturated rings. The Morgan fingerprint density at radius 1 is 1.33 bits per heavy atom. The van der Waals surface area contributed by atoms with Gasteiger partial charge < -0.3 is 9.15 Å². The predicted molar refractivity (Wildman–Crippen MR) is 72.4 cm³/mol. The van der Waals surface area contributed by atoms with Crippen molar-refractivity contribution in [3.8, 4) is 0 Å². The Morgan fingerprint density at radius 2 is 2.17 bits per heavy atom. The van der Waals surface area contributed by atoms with Gasteiger partial charge >= 0.3 is 0 Å². The van der Waals surface area contributed by atoms with Crippen molar-refractivity contribution in [2.75, 3.05) is 6.61 Å². The van der Waals surface area contributed by atoms with E-state index in [1.165, 1.54) is 5.57 Å². The van der Waals surface area contributed by atoms with Crippen LogP contribution in [0, 0.1) is 0 Å². The number of hydrogen-bond donors (Lipinski definition) is 0. The van der Waals surface area contributed by atoms with E-state index in [0.717, 1.165) is 28.7 Å². The molecule has 3 rings (SSSR count). The summed E-state index contributed by atoms with van der Waals surface area (Å²) in [4.78, 5) is 0. The summed E-state index contributed by atoms with van der Waals surface area (Å²) in [6, 6.07) is 10.1. The van der Waals surface area contributed by atoms with Gasteiger partial charge in [-0.05, 0) is 31.1 Å². The molecule has 1 unspecified atom stereocenters. The second-order valence-corrected chi connectivity index (χ2v) is 4.73. The maximum atomic E-state index is 5.84. The molecule has 0 amide bonds. The van der Waals surface area contributed by atoms with Crippen molar-refractivity contribution in [1.29, 1.82) is 0 Å². The van der Waals surface area contributed by atoms with Crippen LogP contribution in [0.25, 0.3) is 11.0 Å². The molecule has 1 atom stereocenters. The van der Waals surface area contributed by atoms with Crippen LogP contribution < -0.4 is 0 Å². The van der Waals surface area contributed by atoms with Crippen LogP contribution in [0.4, 0.5) is 0 Å². The molecule has 0 spiro atoms. The molecule has 0 saturated heterocycles. The summed E-state index contributed by atoms with van der Waals surface area (Å²) in [5.74, 6) is 0.910. The van der Waals surface area contributed by atoms with Crippen LogP contribution in [0.1, 0.15) is 25.2 Å². The highest BCUT2D eigenvalue weighted by Crippen LogP contribution is 2.32. The van der Waals surface area contributed by atoms with E-state index in [2.05, 4.69) is 24.8 Å². The molecule has 92 valence electrons. The van der Waals surface area contributed by atoms with Crippen molar-refractivity contribution < 1.29 is 9.15 Å². The molecule has 18 heavy (non-hydrogen) atoms. The van der Waals surface area contributed by atoms with E-state index in [1.54, 1.807) is 0 Å². The van der Waals surface area contributed by atoms with Crippen molar-refractivity contribution in [2.45, 2.75) is 19.4 Å². The van der Waals surface area contributed by atoms with Gasteiger partial charge in [-0.25, -0.2) is 0 Å². The first-order valence-electron chi connectivity index (χ1n) is 6.19. The van der Waals surface area contributed by atoms with Gasteiger partial charge in [0, 0.05) is 5.39 Å². The first-order valence-corrected chi connectivity index (χ1v) is 6.19. The minimum Gasteiger partial charge on any atom is -0.458 e. The van der Waals surface area contributed by atoms with Crippen LogP contribution in [-0.2, 0) is 4.74 Å². The third-order valence-electron chi connectivity index (χ3n) is 3.33. The third kappa shape index (κ3) is 2.00. The first-order chi connectivity index (χ1) is 8.74. The fraction of sp³-hybridized carbons (Fsp3) is 0.250. The highest BCUT2D eigenvalue weighted by Gasteiger charge is 2.20. The molecule has 1 aliphatic rings. The largest absolute Gasteiger partial charge is 0.458 e. The quantitative estimate of drug-likeness (QED) is 0.776. The Bertz CT molecular complexity index is 586. The number of hydrogen-bond acceptors (Lipinski definition) is 2. The van der Waals surface area contributed by atoms with Gasteiger partial charge in [0.15, 0.2) is 0 Å². The molecule has 0 saturated carbocycles. The summed E-state index contributed by atoms with van der Waals surface area (Å²) < 4.78 is 11.7. The molecule has 2 heteroatoms. The van der Waals surface area contributed by atoms with Gasteiger partial charge in [0.05, 0.1) is 6.61 Å². The average Bonchev–Trinajstić information content (AvgIpc) is 2.82. The Morgan fingerprint density at radius 3 is 2.83 bits per heavy atom. The van der Waals surface area contributed by atoms with Crippen molar-refractivity contribution in [2.24, 2.45) is 0 Å². The summed E-state index contributed by atoms with van der Waals surface area (Å²) >= 11 is 0. The molecule has 1 aliphatic heterocycles. The summed E-state index contributed by atoms with van der Waals surface area (Å²) in [5.41, 5.74) is 3.20. The van der Waals surface area contributed by atoms with Crippen molar-refractivity contribution >= 4 is 11.0 Å². The van der Waals surface area contributed by atoms with E-state index in [9.17, 15) is 0 Å². The van der Waals surface area contributed by atoms with E-state index >= 15 is 0 Å². The molecule has 0 N–H and O–H groups in total. The van der Waals surface area contributed by atoms with Crippen molar-refractivity contribution in [1.82, 2.24) is 0 Å². The van der Waals surface area contributed by atoms with Crippen LogP contribution >= 0.6 is 0 Å². The molecular weight excluding hydrogens is 224 g/mol. The fourth-order valence-corrected chi connectivity index (χ4v) is 2.22. The summed E-state index contributed by atoms with van der Waals surface area (Å²) in [6.07, 6.45) is 3.08. The van der Waals surface area contributed by atoms with Crippen LogP contribution in [0.5, 0.6) is 0 Å². The monoisotopic (exact) mass is 240 g/mol. The summed E-state index contributed by atoms with van der Waals surface area (Å²) in [5, 5.41) is 1.13. The van der Waals surface area contributed by atoms with Gasteiger partial charge in [-0.15, -0.1) is 0 Å². The number of ether oxygens (including phenoxy) is 1. The van der Waals surface area contributed by atoms with E-state index in [0.29, 0.717) is 6.61 Å². The minimum atomic E-state index is 0.0282. The maximum Gasteiger partial charge on any atom is 0.134 e. The van der Waals surface area contributed by atoms with E-state index in [-0.39, 0.29) is 6.10 Å². The molecule has 2 nitrogen and oxygen atoms in total. The van der Waals surface area contributed by atoms with Crippen molar-refractivity contribution in [3.63, 3.8) is 0 Å². The molecule has 0 bridgehead atoms. The van der Waals surface area contributed by atoms with Gasteiger partial charge in [-0.3, -0.25) is 0 Å². The molecule has 0 aliphatic carbocycles. The topological polar surface area (TPSA) is 22.4 Å². The second-order valence-electron chi connectivity index (χ2n) is 4.73. The van der Waals surface area contributed by atoms with E-state index < -0.39 is 0 Å². The molecule has 1 aromatic carbocycles. The standard InChI is InChI=1S/C16H16O2/c1-11(2)13-7-8-15(17-10-13)16-9-12-5-3-4-6-14(12)18-16/h3-7,9,15H,1,8,10H2,2H3. The van der Waals surface area contributed by atoms with Crippen LogP contribution in [-0.4, -0.2) is 6.61 Å². The van der Waals surface area contributed by atoms with Crippen molar-refractivity contribution in [3.05, 3.63) is 59.9 Å². The van der Waals surface area contributed by atoms with Gasteiger partial charge in [0.2, 0.25) is 0 Å². The zero-order valence-electron chi connectivity index (χ0n) is 10.5. The molecule has 2 heterocycles. The van der Waals surface area contributed by atoms with E-state index in [4.69, 9.17) is 9.15 Å². The smallest absolute Gasteiger partial charge is 0.134 e. The minimum absolute atomic E-state index is 0.0282. The van der Waals surface area contributed by atoms with Gasteiger partial charge in [0.1, 0.15) is 17.4 Å². The van der Waals surface area contributed by atoms with Crippen LogP contribution in [0.15, 0.2) is 58.6 Å². The lowest BCUT2D eigenvalue weighted by Crippen LogP contribution is -2.11. The maximum absolute atomic E-state index is 5.84. The van der Waals surface area contributed by atoms with Crippen LogP contribution in [0.2, 0.25) is 0 Å². The summed E-state index contributed by atoms with van der Waals surface area (Å²) in [6.45, 7) is 6.57. The first kappa shape index (κ1) is 11.3. The third-order valence-corrected chi connectivity index (χ3v) is 3.33. The van der Waals surface area contributed by atoms with Gasteiger partial charge in [-0.1, -0.05) is 36.4 Å². The Labute approximate surface area is 107 Å². The normalized spacial score (nSPS) is 19.8. The zero-order valence-corrected chi connectivity index (χ0v) is 10.5. The second kappa shape index (κ2) is 4.46.